The fourth-order valence-corrected chi connectivity index (χ4v) is 3.22. The molecule has 0 spiro atoms. The molecule has 2 aliphatic rings. The van der Waals surface area contributed by atoms with Crippen molar-refractivity contribution in [3.63, 3.8) is 0 Å². The van der Waals surface area contributed by atoms with Gasteiger partial charge in [-0.3, -0.25) is 0 Å². The van der Waals surface area contributed by atoms with E-state index < -0.39 is 5.60 Å². The van der Waals surface area contributed by atoms with Crippen molar-refractivity contribution >= 4 is 22.0 Å². The van der Waals surface area contributed by atoms with Crippen molar-refractivity contribution in [1.82, 2.24) is 14.9 Å². The molecular weight excluding hydrogens is 378 g/mol. The molecule has 8 heteroatoms. The molecule has 0 aliphatic carbocycles. The monoisotopic (exact) mass is 399 g/mol. The van der Waals surface area contributed by atoms with Crippen LogP contribution in [0.4, 0.5) is 4.79 Å². The first kappa shape index (κ1) is 17.4. The van der Waals surface area contributed by atoms with E-state index in [1.165, 1.54) is 0 Å². The van der Waals surface area contributed by atoms with Gasteiger partial charge in [-0.15, -0.1) is 0 Å². The molecule has 0 saturated carbocycles. The van der Waals surface area contributed by atoms with Gasteiger partial charge in [0.25, 0.3) is 0 Å². The summed E-state index contributed by atoms with van der Waals surface area (Å²) in [6.07, 6.45) is 2.99. The zero-order chi connectivity index (χ0) is 17.3. The highest BCUT2D eigenvalue weighted by Gasteiger charge is 2.45. The number of fused-ring (bicyclic) bond motifs is 2. The quantitative estimate of drug-likeness (QED) is 0.777. The third-order valence-electron chi connectivity index (χ3n) is 4.12. The van der Waals surface area contributed by atoms with Crippen LogP contribution in [0.15, 0.2) is 16.9 Å². The normalized spacial score (nSPS) is 26.3. The van der Waals surface area contributed by atoms with E-state index in [2.05, 4.69) is 25.9 Å². The molecule has 1 aromatic rings. The highest BCUT2D eigenvalue weighted by atomic mass is 79.9. The minimum Gasteiger partial charge on any atom is -0.463 e. The lowest BCUT2D eigenvalue weighted by molar-refractivity contribution is -0.00580. The predicted octanol–water partition coefficient (Wildman–Crippen LogP) is 2.50. The zero-order valence-corrected chi connectivity index (χ0v) is 15.7. The van der Waals surface area contributed by atoms with E-state index in [1.54, 1.807) is 17.3 Å². The average Bonchev–Trinajstić information content (AvgIpc) is 2.73. The van der Waals surface area contributed by atoms with Crippen molar-refractivity contribution in [3.05, 3.63) is 16.9 Å². The Hall–Kier alpha value is -1.41. The van der Waals surface area contributed by atoms with E-state index in [1.807, 2.05) is 20.8 Å². The van der Waals surface area contributed by atoms with Gasteiger partial charge in [-0.1, -0.05) is 0 Å². The Bertz CT molecular complexity index is 576. The topological polar surface area (TPSA) is 73.8 Å². The highest BCUT2D eigenvalue weighted by molar-refractivity contribution is 9.10. The van der Waals surface area contributed by atoms with Crippen molar-refractivity contribution in [2.75, 3.05) is 26.3 Å². The van der Waals surface area contributed by atoms with Gasteiger partial charge in [0.05, 0.1) is 30.3 Å². The number of ether oxygens (including phenoxy) is 3. The van der Waals surface area contributed by atoms with Crippen LogP contribution < -0.4 is 4.74 Å². The van der Waals surface area contributed by atoms with Crippen LogP contribution in [0.5, 0.6) is 6.01 Å². The molecule has 7 nitrogen and oxygen atoms in total. The summed E-state index contributed by atoms with van der Waals surface area (Å²) in [4.78, 5) is 22.2. The van der Waals surface area contributed by atoms with E-state index in [-0.39, 0.29) is 24.0 Å². The van der Waals surface area contributed by atoms with Crippen molar-refractivity contribution in [2.24, 2.45) is 11.8 Å². The summed E-state index contributed by atoms with van der Waals surface area (Å²) in [5.41, 5.74) is -0.490. The maximum atomic E-state index is 12.2. The van der Waals surface area contributed by atoms with E-state index in [0.717, 1.165) is 4.47 Å². The number of halogens is 1. The predicted molar refractivity (Wildman–Crippen MR) is 89.8 cm³/mol. The number of rotatable bonds is 3. The first-order chi connectivity index (χ1) is 11.3. The maximum Gasteiger partial charge on any atom is 0.410 e. The third kappa shape index (κ3) is 4.16. The summed E-state index contributed by atoms with van der Waals surface area (Å²) in [6.45, 7) is 7.89. The van der Waals surface area contributed by atoms with Crippen LogP contribution in [0, 0.1) is 11.8 Å². The first-order valence-electron chi connectivity index (χ1n) is 8.02. The molecule has 2 bridgehead atoms. The molecule has 132 valence electrons. The zero-order valence-electron chi connectivity index (χ0n) is 14.1. The largest absolute Gasteiger partial charge is 0.463 e. The number of piperidine rings is 1. The molecule has 3 rings (SSSR count). The third-order valence-corrected chi connectivity index (χ3v) is 4.53. The molecule has 2 fully saturated rings. The molecule has 2 unspecified atom stereocenters. The molecule has 3 atom stereocenters. The molecule has 2 aliphatic heterocycles. The second-order valence-corrected chi connectivity index (χ2v) is 8.09. The van der Waals surface area contributed by atoms with Gasteiger partial charge in [-0.2, -0.15) is 0 Å². The first-order valence-corrected chi connectivity index (χ1v) is 8.81. The highest BCUT2D eigenvalue weighted by Crippen LogP contribution is 2.34. The number of carbonyl (C=O) groups excluding carboxylic acids is 1. The Morgan fingerprint density at radius 2 is 2.08 bits per heavy atom. The average molecular weight is 400 g/mol. The lowest BCUT2D eigenvalue weighted by Gasteiger charge is -2.36. The summed E-state index contributed by atoms with van der Waals surface area (Å²) >= 11 is 3.29. The number of carbonyl (C=O) groups is 1. The van der Waals surface area contributed by atoms with Crippen molar-refractivity contribution in [3.8, 4) is 6.01 Å². The molecule has 2 saturated heterocycles. The van der Waals surface area contributed by atoms with Crippen LogP contribution in [0.1, 0.15) is 20.8 Å². The number of hydrogen-bond donors (Lipinski definition) is 0. The van der Waals surface area contributed by atoms with E-state index in [0.29, 0.717) is 32.3 Å². The Morgan fingerprint density at radius 1 is 1.38 bits per heavy atom. The standard InChI is InChI=1S/C16H22BrN3O4/c1-16(2,3)24-15(21)20-6-10-8-22-13(7-20)12(10)9-23-14-18-4-11(17)5-19-14/h4-5,10,12-13H,6-9H2,1-3H3/t10?,12-,13?/m0/s1. The number of hydrogen-bond acceptors (Lipinski definition) is 6. The fourth-order valence-electron chi connectivity index (χ4n) is 3.01. The second kappa shape index (κ2) is 6.84. The van der Waals surface area contributed by atoms with Gasteiger partial charge in [-0.25, -0.2) is 14.8 Å². The van der Waals surface area contributed by atoms with Crippen LogP contribution >= 0.6 is 15.9 Å². The van der Waals surface area contributed by atoms with E-state index in [9.17, 15) is 4.79 Å². The van der Waals surface area contributed by atoms with E-state index in [4.69, 9.17) is 14.2 Å². The van der Waals surface area contributed by atoms with Crippen LogP contribution in [0.25, 0.3) is 0 Å². The van der Waals surface area contributed by atoms with Crippen LogP contribution in [-0.2, 0) is 9.47 Å². The lowest BCUT2D eigenvalue weighted by Crippen LogP contribution is -2.50. The van der Waals surface area contributed by atoms with Crippen molar-refractivity contribution in [1.29, 1.82) is 0 Å². The summed E-state index contributed by atoms with van der Waals surface area (Å²) in [7, 11) is 0. The number of nitrogens with zero attached hydrogens (tertiary/aromatic N) is 3. The van der Waals surface area contributed by atoms with Crippen LogP contribution in [0.3, 0.4) is 0 Å². The number of likely N-dealkylation sites (tertiary alicyclic amines) is 1. The summed E-state index contributed by atoms with van der Waals surface area (Å²) < 4.78 is 17.8. The van der Waals surface area contributed by atoms with Crippen molar-refractivity contribution < 1.29 is 19.0 Å². The van der Waals surface area contributed by atoms with Gasteiger partial charge in [0, 0.05) is 30.8 Å². The molecule has 1 amide bonds. The summed E-state index contributed by atoms with van der Waals surface area (Å²) in [5, 5.41) is 0. The smallest absolute Gasteiger partial charge is 0.410 e. The Morgan fingerprint density at radius 3 is 2.71 bits per heavy atom. The molecule has 0 N–H and O–H groups in total. The van der Waals surface area contributed by atoms with E-state index >= 15 is 0 Å². The van der Waals surface area contributed by atoms with Crippen LogP contribution in [-0.4, -0.2) is 59.0 Å². The van der Waals surface area contributed by atoms with Gasteiger partial charge >= 0.3 is 12.1 Å². The Balaban J connectivity index is 1.55. The molecule has 1 aromatic heterocycles. The molecule has 0 radical (unpaired) electrons. The van der Waals surface area contributed by atoms with Gasteiger partial charge in [0.2, 0.25) is 0 Å². The van der Waals surface area contributed by atoms with Crippen molar-refractivity contribution in [2.45, 2.75) is 32.5 Å². The fraction of sp³-hybridized carbons (Fsp3) is 0.688. The lowest BCUT2D eigenvalue weighted by atomic mass is 9.87. The minimum atomic E-state index is -0.490. The van der Waals surface area contributed by atoms with Crippen LogP contribution in [0.2, 0.25) is 0 Å². The van der Waals surface area contributed by atoms with Gasteiger partial charge < -0.3 is 19.1 Å². The minimum absolute atomic E-state index is 0.0354. The number of aromatic nitrogens is 2. The second-order valence-electron chi connectivity index (χ2n) is 7.18. The van der Waals surface area contributed by atoms with Gasteiger partial charge in [0.15, 0.2) is 0 Å². The molecule has 24 heavy (non-hydrogen) atoms. The molecule has 3 heterocycles. The van der Waals surface area contributed by atoms with Gasteiger partial charge in [0.1, 0.15) is 5.60 Å². The Kier molecular flexibility index (Phi) is 4.96. The molecular formula is C16H22BrN3O4. The summed E-state index contributed by atoms with van der Waals surface area (Å²) in [6, 6.07) is 0.354. The summed E-state index contributed by atoms with van der Waals surface area (Å²) in [5.74, 6) is 0.475. The number of amides is 1. The maximum absolute atomic E-state index is 12.2. The Labute approximate surface area is 149 Å². The van der Waals surface area contributed by atoms with Gasteiger partial charge in [-0.05, 0) is 36.7 Å². The molecule has 0 aromatic carbocycles. The SMILES string of the molecule is CC(C)(C)OC(=O)N1CC2COC(C1)[C@H]2COc1ncc(Br)cn1.